The number of carbonyl (C=O) groups is 3. The molecule has 6 heteroatoms. The highest BCUT2D eigenvalue weighted by molar-refractivity contribution is 5.91. The molecule has 0 aromatic heterocycles. The number of esters is 3. The van der Waals surface area contributed by atoms with E-state index in [1.165, 1.54) is 6.08 Å². The first-order valence-corrected chi connectivity index (χ1v) is 12.0. The zero-order chi connectivity index (χ0) is 24.6. The minimum atomic E-state index is -0.542. The van der Waals surface area contributed by atoms with Crippen LogP contribution >= 0.6 is 0 Å². The fourth-order valence-corrected chi connectivity index (χ4v) is 3.10. The number of ether oxygens (including phenoxy) is 3. The number of rotatable bonds is 14. The monoisotopic (exact) mass is 466 g/mol. The summed E-state index contributed by atoms with van der Waals surface area (Å²) in [7, 11) is 0. The predicted octanol–water partition coefficient (Wildman–Crippen LogP) is 6.53. The molecule has 2 rings (SSSR count). The summed E-state index contributed by atoms with van der Waals surface area (Å²) in [5.74, 6) is -0.394. The number of hydrogen-bond acceptors (Lipinski definition) is 6. The summed E-state index contributed by atoms with van der Waals surface area (Å²) in [4.78, 5) is 35.9. The van der Waals surface area contributed by atoms with Crippen LogP contribution in [-0.4, -0.2) is 24.5 Å². The number of unbranched alkanes of at least 4 members (excludes halogenated alkanes) is 5. The molecule has 0 saturated carbocycles. The van der Waals surface area contributed by atoms with Crippen LogP contribution in [0.1, 0.15) is 81.1 Å². The molecule has 0 N–H and O–H groups in total. The third-order valence-electron chi connectivity index (χ3n) is 5.05. The molecule has 0 fully saturated rings. The third kappa shape index (κ3) is 10.5. The van der Waals surface area contributed by atoms with E-state index in [9.17, 15) is 14.4 Å². The highest BCUT2D eigenvalue weighted by Crippen LogP contribution is 2.19. The van der Waals surface area contributed by atoms with Crippen LogP contribution in [0.25, 0.3) is 6.08 Å². The van der Waals surface area contributed by atoms with Gasteiger partial charge in [0.25, 0.3) is 0 Å². The molecule has 6 nitrogen and oxygen atoms in total. The number of carbonyl (C=O) groups excluding carboxylic acids is 3. The van der Waals surface area contributed by atoms with E-state index in [1.807, 2.05) is 0 Å². The van der Waals surface area contributed by atoms with Gasteiger partial charge in [-0.2, -0.15) is 0 Å². The SMILES string of the molecule is CCCCCCC(=O)Oc1ccc(OC(=O)C=Cc2ccc(C(=O)OCCCCC)cc2)cc1. The van der Waals surface area contributed by atoms with Crippen LogP contribution in [0.2, 0.25) is 0 Å². The smallest absolute Gasteiger partial charge is 0.338 e. The Morgan fingerprint density at radius 2 is 1.35 bits per heavy atom. The molecule has 0 aliphatic carbocycles. The van der Waals surface area contributed by atoms with Gasteiger partial charge in [0.05, 0.1) is 12.2 Å². The van der Waals surface area contributed by atoms with Crippen LogP contribution in [0.4, 0.5) is 0 Å². The van der Waals surface area contributed by atoms with Crippen LogP contribution in [0.5, 0.6) is 11.5 Å². The van der Waals surface area contributed by atoms with Crippen molar-refractivity contribution in [2.75, 3.05) is 6.61 Å². The second-order valence-electron chi connectivity index (χ2n) is 7.98. The van der Waals surface area contributed by atoms with Gasteiger partial charge < -0.3 is 14.2 Å². The summed E-state index contributed by atoms with van der Waals surface area (Å²) in [5.41, 5.74) is 1.22. The minimum absolute atomic E-state index is 0.264. The average molecular weight is 467 g/mol. The molecule has 0 aliphatic heterocycles. The highest BCUT2D eigenvalue weighted by Gasteiger charge is 2.08. The van der Waals surface area contributed by atoms with E-state index < -0.39 is 5.97 Å². The van der Waals surface area contributed by atoms with E-state index >= 15 is 0 Å². The van der Waals surface area contributed by atoms with Crippen LogP contribution < -0.4 is 9.47 Å². The fraction of sp³-hybridized carbons (Fsp3) is 0.393. The molecular weight excluding hydrogens is 432 g/mol. The van der Waals surface area contributed by atoms with E-state index in [2.05, 4.69) is 13.8 Å². The largest absolute Gasteiger partial charge is 0.462 e. The molecule has 0 bridgehead atoms. The van der Waals surface area contributed by atoms with Gasteiger partial charge in [-0.25, -0.2) is 9.59 Å². The van der Waals surface area contributed by atoms with Gasteiger partial charge in [0.15, 0.2) is 0 Å². The average Bonchev–Trinajstić information content (AvgIpc) is 2.84. The van der Waals surface area contributed by atoms with Gasteiger partial charge in [0, 0.05) is 12.5 Å². The number of hydrogen-bond donors (Lipinski definition) is 0. The van der Waals surface area contributed by atoms with Crippen molar-refractivity contribution in [1.82, 2.24) is 0 Å². The quantitative estimate of drug-likeness (QED) is 0.136. The standard InChI is InChI=1S/C28H34O6/c1-3-5-7-8-10-26(29)33-24-16-18-25(19-17-24)34-27(30)20-13-22-11-14-23(15-12-22)28(31)32-21-9-6-4-2/h11-20H,3-10,21H2,1-2H3. The first-order chi connectivity index (χ1) is 16.5. The van der Waals surface area contributed by atoms with Gasteiger partial charge in [-0.3, -0.25) is 4.79 Å². The molecule has 0 unspecified atom stereocenters. The molecule has 2 aromatic rings. The maximum Gasteiger partial charge on any atom is 0.338 e. The molecule has 0 spiro atoms. The Morgan fingerprint density at radius 3 is 2.00 bits per heavy atom. The van der Waals surface area contributed by atoms with Gasteiger partial charge in [-0.1, -0.05) is 58.1 Å². The molecule has 34 heavy (non-hydrogen) atoms. The van der Waals surface area contributed by atoms with Crippen molar-refractivity contribution in [3.63, 3.8) is 0 Å². The van der Waals surface area contributed by atoms with Crippen molar-refractivity contribution < 1.29 is 28.6 Å². The summed E-state index contributed by atoms with van der Waals surface area (Å²) in [6.45, 7) is 4.63. The van der Waals surface area contributed by atoms with Crippen molar-refractivity contribution in [3.8, 4) is 11.5 Å². The second-order valence-corrected chi connectivity index (χ2v) is 7.98. The molecule has 0 amide bonds. The maximum atomic E-state index is 12.1. The lowest BCUT2D eigenvalue weighted by Gasteiger charge is -2.06. The van der Waals surface area contributed by atoms with Gasteiger partial charge in [-0.05, 0) is 60.9 Å². The normalized spacial score (nSPS) is 10.8. The van der Waals surface area contributed by atoms with Crippen LogP contribution in [0.3, 0.4) is 0 Å². The van der Waals surface area contributed by atoms with Gasteiger partial charge in [-0.15, -0.1) is 0 Å². The highest BCUT2D eigenvalue weighted by atomic mass is 16.5. The van der Waals surface area contributed by atoms with E-state index in [4.69, 9.17) is 14.2 Å². The summed E-state index contributed by atoms with van der Waals surface area (Å²) in [6.07, 6.45) is 10.3. The minimum Gasteiger partial charge on any atom is -0.462 e. The summed E-state index contributed by atoms with van der Waals surface area (Å²) < 4.78 is 15.8. The lowest BCUT2D eigenvalue weighted by molar-refractivity contribution is -0.134. The molecule has 0 heterocycles. The van der Waals surface area contributed by atoms with E-state index in [0.717, 1.165) is 50.5 Å². The summed E-state index contributed by atoms with van der Waals surface area (Å²) >= 11 is 0. The van der Waals surface area contributed by atoms with Crippen LogP contribution in [0.15, 0.2) is 54.6 Å². The maximum absolute atomic E-state index is 12.1. The zero-order valence-corrected chi connectivity index (χ0v) is 20.1. The Hall–Kier alpha value is -3.41. The van der Waals surface area contributed by atoms with E-state index in [0.29, 0.717) is 30.1 Å². The Balaban J connectivity index is 1.77. The molecular formula is C28H34O6. The Kier molecular flexibility index (Phi) is 12.2. The van der Waals surface area contributed by atoms with Crippen molar-refractivity contribution >= 4 is 24.0 Å². The third-order valence-corrected chi connectivity index (χ3v) is 5.05. The Morgan fingerprint density at radius 1 is 0.735 bits per heavy atom. The molecule has 0 radical (unpaired) electrons. The number of benzene rings is 2. The molecule has 0 aliphatic rings. The molecule has 0 atom stereocenters. The predicted molar refractivity (Wildman–Crippen MR) is 132 cm³/mol. The topological polar surface area (TPSA) is 78.9 Å². The van der Waals surface area contributed by atoms with Crippen molar-refractivity contribution in [2.45, 2.75) is 65.2 Å². The lowest BCUT2D eigenvalue weighted by atomic mass is 10.1. The summed E-state index contributed by atoms with van der Waals surface area (Å²) in [6, 6.07) is 13.1. The van der Waals surface area contributed by atoms with Gasteiger partial charge in [0.1, 0.15) is 11.5 Å². The van der Waals surface area contributed by atoms with E-state index in [-0.39, 0.29) is 11.9 Å². The second kappa shape index (κ2) is 15.4. The van der Waals surface area contributed by atoms with Crippen molar-refractivity contribution in [1.29, 1.82) is 0 Å². The lowest BCUT2D eigenvalue weighted by Crippen LogP contribution is -2.08. The summed E-state index contributed by atoms with van der Waals surface area (Å²) in [5, 5.41) is 0. The van der Waals surface area contributed by atoms with Crippen molar-refractivity contribution in [2.24, 2.45) is 0 Å². The van der Waals surface area contributed by atoms with Crippen molar-refractivity contribution in [3.05, 3.63) is 65.7 Å². The Bertz CT molecular complexity index is 928. The molecule has 0 saturated heterocycles. The Labute approximate surface area is 201 Å². The first-order valence-electron chi connectivity index (χ1n) is 12.0. The van der Waals surface area contributed by atoms with Crippen LogP contribution in [0, 0.1) is 0 Å². The first kappa shape index (κ1) is 26.8. The molecule has 2 aromatic carbocycles. The zero-order valence-electron chi connectivity index (χ0n) is 20.1. The van der Waals surface area contributed by atoms with Crippen LogP contribution in [-0.2, 0) is 14.3 Å². The van der Waals surface area contributed by atoms with Gasteiger partial charge in [0.2, 0.25) is 0 Å². The van der Waals surface area contributed by atoms with Gasteiger partial charge >= 0.3 is 17.9 Å². The van der Waals surface area contributed by atoms with E-state index in [1.54, 1.807) is 54.6 Å². The molecule has 182 valence electrons. The fourth-order valence-electron chi connectivity index (χ4n) is 3.10.